The largest absolute Gasteiger partial charge is 0.466 e. The van der Waals surface area contributed by atoms with Gasteiger partial charge in [0.1, 0.15) is 0 Å². The van der Waals surface area contributed by atoms with Crippen molar-refractivity contribution >= 4 is 11.9 Å². The molecule has 0 fully saturated rings. The summed E-state index contributed by atoms with van der Waals surface area (Å²) in [5.41, 5.74) is 0. The number of allylic oxidation sites excluding steroid dienone is 6. The maximum absolute atomic E-state index is 12.4. The van der Waals surface area contributed by atoms with Crippen molar-refractivity contribution in [2.45, 2.75) is 283 Å². The predicted molar refractivity (Wildman–Crippen MR) is 259 cm³/mol. The van der Waals surface area contributed by atoms with Crippen LogP contribution in [0, 0.1) is 0 Å². The van der Waals surface area contributed by atoms with Crippen LogP contribution in [0.4, 0.5) is 0 Å². The highest BCUT2D eigenvalue weighted by Crippen LogP contribution is 2.16. The van der Waals surface area contributed by atoms with Gasteiger partial charge in [-0.25, -0.2) is 0 Å². The molecule has 0 aromatic heterocycles. The molecule has 0 saturated carbocycles. The highest BCUT2D eigenvalue weighted by Gasteiger charge is 2.20. The molecular weight excluding hydrogens is 743 g/mol. The number of aliphatic hydroxyl groups excluding tert-OH is 2. The molecule has 2 atom stereocenters. The first-order valence-electron chi connectivity index (χ1n) is 26.3. The Labute approximate surface area is 373 Å². The van der Waals surface area contributed by atoms with Crippen LogP contribution in [0.5, 0.6) is 0 Å². The highest BCUT2D eigenvalue weighted by molar-refractivity contribution is 5.76. The summed E-state index contributed by atoms with van der Waals surface area (Å²) >= 11 is 0. The molecule has 0 aromatic carbocycles. The van der Waals surface area contributed by atoms with Crippen LogP contribution < -0.4 is 5.32 Å². The molecule has 0 rings (SSSR count). The van der Waals surface area contributed by atoms with Gasteiger partial charge in [0, 0.05) is 12.8 Å². The molecule has 0 bridgehead atoms. The SMILES string of the molecule is CCCCCC/C=C\CCCCCCCC(=O)OCCCCC/C=C\C=C/CCCCCCCCC(=O)NC(CO)C(O)CCCCCCCCCCCCCCCCC. The van der Waals surface area contributed by atoms with Crippen molar-refractivity contribution in [1.29, 1.82) is 0 Å². The first kappa shape index (κ1) is 58.1. The summed E-state index contributed by atoms with van der Waals surface area (Å²) in [7, 11) is 0. The van der Waals surface area contributed by atoms with Crippen molar-refractivity contribution in [2.75, 3.05) is 13.2 Å². The van der Waals surface area contributed by atoms with Crippen LogP contribution in [-0.4, -0.2) is 47.4 Å². The number of hydrogen-bond donors (Lipinski definition) is 3. The number of hydrogen-bond acceptors (Lipinski definition) is 5. The number of unbranched alkanes of at least 4 members (excludes halogenated alkanes) is 32. The maximum Gasteiger partial charge on any atom is 0.305 e. The Morgan fingerprint density at radius 1 is 0.467 bits per heavy atom. The molecule has 0 aromatic rings. The summed E-state index contributed by atoms with van der Waals surface area (Å²) in [5.74, 6) is -0.0891. The second-order valence-electron chi connectivity index (χ2n) is 17.9. The summed E-state index contributed by atoms with van der Waals surface area (Å²) in [6, 6.07) is -0.558. The Bertz CT molecular complexity index is 977. The van der Waals surface area contributed by atoms with Gasteiger partial charge in [0.05, 0.1) is 25.4 Å². The quantitative estimate of drug-likeness (QED) is 0.0245. The second kappa shape index (κ2) is 49.7. The van der Waals surface area contributed by atoms with E-state index in [-0.39, 0.29) is 18.5 Å². The first-order valence-corrected chi connectivity index (χ1v) is 26.3. The molecule has 0 spiro atoms. The highest BCUT2D eigenvalue weighted by atomic mass is 16.5. The summed E-state index contributed by atoms with van der Waals surface area (Å²) in [4.78, 5) is 24.4. The third-order valence-electron chi connectivity index (χ3n) is 11.9. The Kier molecular flexibility index (Phi) is 48.1. The minimum absolute atomic E-state index is 0.0313. The van der Waals surface area contributed by atoms with E-state index in [4.69, 9.17) is 4.74 Å². The van der Waals surface area contributed by atoms with Crippen molar-refractivity contribution in [3.05, 3.63) is 36.5 Å². The van der Waals surface area contributed by atoms with Crippen LogP contribution in [0.25, 0.3) is 0 Å². The maximum atomic E-state index is 12.4. The van der Waals surface area contributed by atoms with Gasteiger partial charge in [-0.3, -0.25) is 9.59 Å². The van der Waals surface area contributed by atoms with Gasteiger partial charge in [0.15, 0.2) is 0 Å². The van der Waals surface area contributed by atoms with Gasteiger partial charge in [-0.2, -0.15) is 0 Å². The molecule has 60 heavy (non-hydrogen) atoms. The molecule has 0 aliphatic heterocycles. The number of rotatable bonds is 48. The fraction of sp³-hybridized carbons (Fsp3) is 0.852. The zero-order chi connectivity index (χ0) is 43.7. The lowest BCUT2D eigenvalue weighted by Crippen LogP contribution is -2.45. The van der Waals surface area contributed by atoms with Crippen LogP contribution in [-0.2, 0) is 14.3 Å². The van der Waals surface area contributed by atoms with Crippen LogP contribution >= 0.6 is 0 Å². The summed E-state index contributed by atoms with van der Waals surface area (Å²) in [6.07, 6.45) is 59.7. The van der Waals surface area contributed by atoms with Gasteiger partial charge >= 0.3 is 5.97 Å². The smallest absolute Gasteiger partial charge is 0.305 e. The van der Waals surface area contributed by atoms with Crippen molar-refractivity contribution in [1.82, 2.24) is 5.32 Å². The second-order valence-corrected chi connectivity index (χ2v) is 17.9. The summed E-state index contributed by atoms with van der Waals surface area (Å²) in [5, 5.41) is 23.2. The number of amides is 1. The zero-order valence-electron chi connectivity index (χ0n) is 39.9. The van der Waals surface area contributed by atoms with Crippen molar-refractivity contribution in [2.24, 2.45) is 0 Å². The van der Waals surface area contributed by atoms with E-state index in [0.717, 1.165) is 77.0 Å². The zero-order valence-corrected chi connectivity index (χ0v) is 39.9. The minimum atomic E-state index is -0.679. The van der Waals surface area contributed by atoms with Crippen LogP contribution in [0.3, 0.4) is 0 Å². The lowest BCUT2D eigenvalue weighted by Gasteiger charge is -2.22. The van der Waals surface area contributed by atoms with E-state index in [1.165, 1.54) is 161 Å². The van der Waals surface area contributed by atoms with Gasteiger partial charge in [-0.05, 0) is 83.5 Å². The lowest BCUT2D eigenvalue weighted by atomic mass is 10.0. The molecule has 6 heteroatoms. The molecule has 0 aliphatic carbocycles. The molecule has 0 heterocycles. The van der Waals surface area contributed by atoms with E-state index >= 15 is 0 Å². The molecule has 1 amide bonds. The Morgan fingerprint density at radius 2 is 0.833 bits per heavy atom. The van der Waals surface area contributed by atoms with Gasteiger partial charge in [0.25, 0.3) is 0 Å². The Hall–Kier alpha value is -1.92. The molecule has 6 nitrogen and oxygen atoms in total. The molecule has 2 unspecified atom stereocenters. The van der Waals surface area contributed by atoms with Crippen LogP contribution in [0.1, 0.15) is 271 Å². The van der Waals surface area contributed by atoms with E-state index in [2.05, 4.69) is 55.6 Å². The summed E-state index contributed by atoms with van der Waals surface area (Å²) < 4.78 is 5.43. The fourth-order valence-electron chi connectivity index (χ4n) is 7.86. The summed E-state index contributed by atoms with van der Waals surface area (Å²) in [6.45, 7) is 4.87. The average Bonchev–Trinajstić information content (AvgIpc) is 3.25. The predicted octanol–water partition coefficient (Wildman–Crippen LogP) is 15.7. The fourth-order valence-corrected chi connectivity index (χ4v) is 7.86. The standard InChI is InChI=1S/C54H101NO5/c1-3-5-7-9-11-13-15-17-19-23-26-30-34-38-42-46-52(57)51(50-56)55-53(58)47-43-39-35-31-27-24-20-18-21-25-29-33-37-41-45-49-60-54(59)48-44-40-36-32-28-22-16-14-12-10-8-6-4-2/h14,16,18,21,25,29,51-52,56-57H,3-13,15,17,19-20,22-24,26-28,30-50H2,1-2H3,(H,55,58)/b16-14-,21-18-,29-25-. The van der Waals surface area contributed by atoms with E-state index in [1.807, 2.05) is 0 Å². The molecule has 0 aliphatic rings. The lowest BCUT2D eigenvalue weighted by molar-refractivity contribution is -0.143. The van der Waals surface area contributed by atoms with Crippen LogP contribution in [0.15, 0.2) is 36.5 Å². The number of aliphatic hydroxyl groups is 2. The van der Waals surface area contributed by atoms with Gasteiger partial charge < -0.3 is 20.3 Å². The van der Waals surface area contributed by atoms with E-state index < -0.39 is 12.1 Å². The minimum Gasteiger partial charge on any atom is -0.466 e. The monoisotopic (exact) mass is 844 g/mol. The van der Waals surface area contributed by atoms with Crippen molar-refractivity contribution in [3.8, 4) is 0 Å². The van der Waals surface area contributed by atoms with Crippen molar-refractivity contribution < 1.29 is 24.5 Å². The number of carbonyl (C=O) groups excluding carboxylic acids is 2. The molecular formula is C54H101NO5. The van der Waals surface area contributed by atoms with Crippen LogP contribution in [0.2, 0.25) is 0 Å². The average molecular weight is 844 g/mol. The number of carbonyl (C=O) groups is 2. The molecule has 3 N–H and O–H groups in total. The molecule has 0 radical (unpaired) electrons. The number of esters is 1. The third kappa shape index (κ3) is 45.6. The normalized spacial score (nSPS) is 12.9. The van der Waals surface area contributed by atoms with Gasteiger partial charge in [-0.15, -0.1) is 0 Å². The molecule has 0 saturated heterocycles. The Morgan fingerprint density at radius 3 is 1.30 bits per heavy atom. The molecule has 352 valence electrons. The van der Waals surface area contributed by atoms with Gasteiger partial charge in [0.2, 0.25) is 5.91 Å². The van der Waals surface area contributed by atoms with Crippen molar-refractivity contribution in [3.63, 3.8) is 0 Å². The third-order valence-corrected chi connectivity index (χ3v) is 11.9. The van der Waals surface area contributed by atoms with E-state index in [9.17, 15) is 19.8 Å². The topological polar surface area (TPSA) is 95.9 Å². The Balaban J connectivity index is 3.54. The van der Waals surface area contributed by atoms with Gasteiger partial charge in [-0.1, -0.05) is 211 Å². The first-order chi connectivity index (χ1) is 29.5. The van der Waals surface area contributed by atoms with E-state index in [0.29, 0.717) is 25.9 Å². The number of ether oxygens (including phenoxy) is 1. The van der Waals surface area contributed by atoms with E-state index in [1.54, 1.807) is 0 Å². The number of nitrogens with one attached hydrogen (secondary N) is 1.